The molecule has 0 unspecified atom stereocenters. The SMILES string of the molecule is Nc1ncnc2nc(-c3ccc(N4CCC5(CC4)OCCO5)nc3)cc(C3CCCCC3)c12. The molecule has 5 heterocycles. The summed E-state index contributed by atoms with van der Waals surface area (Å²) in [6.07, 6.45) is 11.3. The van der Waals surface area contributed by atoms with Crippen molar-refractivity contribution in [3.63, 3.8) is 0 Å². The standard InChI is InChI=1S/C25H30N6O2/c26-23-22-19(17-4-2-1-3-5-17)14-20(30-24(22)29-16-28-23)18-6-7-21(27-15-18)31-10-8-25(9-11-31)32-12-13-33-25/h6-7,14-17H,1-5,8-13H2,(H2,26,28,29,30). The molecule has 3 aliphatic rings. The Kier molecular flexibility index (Phi) is 5.34. The number of nitrogens with two attached hydrogens (primary N) is 1. The minimum absolute atomic E-state index is 0.370. The summed E-state index contributed by atoms with van der Waals surface area (Å²) < 4.78 is 11.7. The lowest BCUT2D eigenvalue weighted by Gasteiger charge is -2.38. The molecule has 3 aromatic rings. The fourth-order valence-corrected chi connectivity index (χ4v) is 5.59. The molecular weight excluding hydrogens is 416 g/mol. The molecular formula is C25H30N6O2. The molecule has 1 aliphatic carbocycles. The van der Waals surface area contributed by atoms with Gasteiger partial charge in [-0.25, -0.2) is 19.9 Å². The Morgan fingerprint density at radius 2 is 1.76 bits per heavy atom. The second kappa shape index (κ2) is 8.50. The predicted molar refractivity (Wildman–Crippen MR) is 127 cm³/mol. The van der Waals surface area contributed by atoms with E-state index in [4.69, 9.17) is 25.2 Å². The van der Waals surface area contributed by atoms with Gasteiger partial charge in [-0.15, -0.1) is 0 Å². The van der Waals surface area contributed by atoms with Crippen molar-refractivity contribution in [1.82, 2.24) is 19.9 Å². The van der Waals surface area contributed by atoms with E-state index in [-0.39, 0.29) is 5.79 Å². The van der Waals surface area contributed by atoms with Gasteiger partial charge in [-0.3, -0.25) is 0 Å². The number of rotatable bonds is 3. The minimum Gasteiger partial charge on any atom is -0.383 e. The summed E-state index contributed by atoms with van der Waals surface area (Å²) in [5.41, 5.74) is 10.1. The van der Waals surface area contributed by atoms with E-state index in [0.29, 0.717) is 30.6 Å². The molecule has 0 bridgehead atoms. The van der Waals surface area contributed by atoms with Crippen molar-refractivity contribution in [3.05, 3.63) is 36.3 Å². The normalized spacial score (nSPS) is 21.2. The van der Waals surface area contributed by atoms with Crippen LogP contribution in [0.3, 0.4) is 0 Å². The number of anilines is 2. The van der Waals surface area contributed by atoms with E-state index in [9.17, 15) is 0 Å². The molecule has 3 fully saturated rings. The molecule has 0 radical (unpaired) electrons. The van der Waals surface area contributed by atoms with Gasteiger partial charge < -0.3 is 20.1 Å². The Balaban J connectivity index is 1.29. The molecule has 1 saturated carbocycles. The van der Waals surface area contributed by atoms with Gasteiger partial charge in [0.1, 0.15) is 18.0 Å². The van der Waals surface area contributed by atoms with E-state index in [2.05, 4.69) is 33.1 Å². The van der Waals surface area contributed by atoms with Gasteiger partial charge in [-0.1, -0.05) is 19.3 Å². The molecule has 8 heteroatoms. The second-order valence-corrected chi connectivity index (χ2v) is 9.39. The van der Waals surface area contributed by atoms with Crippen molar-refractivity contribution in [2.45, 2.75) is 56.7 Å². The van der Waals surface area contributed by atoms with Crippen LogP contribution in [0.4, 0.5) is 11.6 Å². The zero-order valence-corrected chi connectivity index (χ0v) is 18.9. The highest BCUT2D eigenvalue weighted by Gasteiger charge is 2.40. The van der Waals surface area contributed by atoms with Crippen LogP contribution < -0.4 is 10.6 Å². The molecule has 0 aromatic carbocycles. The van der Waals surface area contributed by atoms with E-state index in [1.54, 1.807) is 0 Å². The van der Waals surface area contributed by atoms with Crippen LogP contribution in [0.2, 0.25) is 0 Å². The van der Waals surface area contributed by atoms with Gasteiger partial charge in [0.2, 0.25) is 0 Å². The highest BCUT2D eigenvalue weighted by atomic mass is 16.7. The lowest BCUT2D eigenvalue weighted by molar-refractivity contribution is -0.169. The first-order valence-electron chi connectivity index (χ1n) is 12.1. The summed E-state index contributed by atoms with van der Waals surface area (Å²) in [7, 11) is 0. The van der Waals surface area contributed by atoms with Crippen molar-refractivity contribution in [1.29, 1.82) is 0 Å². The molecule has 172 valence electrons. The van der Waals surface area contributed by atoms with Crippen molar-refractivity contribution in [2.75, 3.05) is 36.9 Å². The summed E-state index contributed by atoms with van der Waals surface area (Å²) in [5, 5.41) is 0.913. The Hall–Kier alpha value is -2.84. The largest absolute Gasteiger partial charge is 0.383 e. The second-order valence-electron chi connectivity index (χ2n) is 9.39. The highest BCUT2D eigenvalue weighted by molar-refractivity contribution is 5.90. The number of hydrogen-bond acceptors (Lipinski definition) is 8. The maximum absolute atomic E-state index is 6.27. The molecule has 2 aliphatic heterocycles. The average Bonchev–Trinajstić information content (AvgIpc) is 3.32. The Morgan fingerprint density at radius 3 is 2.48 bits per heavy atom. The zero-order valence-electron chi connectivity index (χ0n) is 18.9. The maximum Gasteiger partial charge on any atom is 0.171 e. The summed E-state index contributed by atoms with van der Waals surface area (Å²) in [5.74, 6) is 1.60. The fourth-order valence-electron chi connectivity index (χ4n) is 5.59. The first-order valence-corrected chi connectivity index (χ1v) is 12.1. The monoisotopic (exact) mass is 446 g/mol. The van der Waals surface area contributed by atoms with E-state index in [1.807, 2.05) is 6.20 Å². The quantitative estimate of drug-likeness (QED) is 0.643. The predicted octanol–water partition coefficient (Wildman–Crippen LogP) is 4.06. The van der Waals surface area contributed by atoms with Crippen LogP contribution in [-0.4, -0.2) is 52.0 Å². The van der Waals surface area contributed by atoms with Crippen LogP contribution in [0.25, 0.3) is 22.3 Å². The summed E-state index contributed by atoms with van der Waals surface area (Å²) in [6.45, 7) is 3.15. The maximum atomic E-state index is 6.27. The average molecular weight is 447 g/mol. The molecule has 8 nitrogen and oxygen atoms in total. The molecule has 6 rings (SSSR count). The van der Waals surface area contributed by atoms with Gasteiger partial charge in [0, 0.05) is 37.7 Å². The van der Waals surface area contributed by atoms with Crippen LogP contribution in [0.15, 0.2) is 30.7 Å². The third-order valence-electron chi connectivity index (χ3n) is 7.42. The van der Waals surface area contributed by atoms with Crippen molar-refractivity contribution in [2.24, 2.45) is 0 Å². The zero-order chi connectivity index (χ0) is 22.3. The van der Waals surface area contributed by atoms with Crippen molar-refractivity contribution < 1.29 is 9.47 Å². The molecule has 3 aromatic heterocycles. The third-order valence-corrected chi connectivity index (χ3v) is 7.42. The lowest BCUT2D eigenvalue weighted by atomic mass is 9.82. The number of fused-ring (bicyclic) bond motifs is 1. The van der Waals surface area contributed by atoms with Crippen molar-refractivity contribution in [3.8, 4) is 11.3 Å². The first-order chi connectivity index (χ1) is 16.2. The van der Waals surface area contributed by atoms with Crippen LogP contribution in [0.1, 0.15) is 56.4 Å². The number of hydrogen-bond donors (Lipinski definition) is 1. The topological polar surface area (TPSA) is 99.3 Å². The number of ether oxygens (including phenoxy) is 2. The third kappa shape index (κ3) is 3.91. The summed E-state index contributed by atoms with van der Waals surface area (Å²) >= 11 is 0. The lowest BCUT2D eigenvalue weighted by Crippen LogP contribution is -2.45. The minimum atomic E-state index is -0.370. The molecule has 2 saturated heterocycles. The van der Waals surface area contributed by atoms with E-state index >= 15 is 0 Å². The smallest absolute Gasteiger partial charge is 0.171 e. The number of nitrogens with zero attached hydrogens (tertiary/aromatic N) is 5. The van der Waals surface area contributed by atoms with Gasteiger partial charge in [0.05, 0.1) is 24.3 Å². The van der Waals surface area contributed by atoms with Crippen LogP contribution >= 0.6 is 0 Å². The van der Waals surface area contributed by atoms with Gasteiger partial charge >= 0.3 is 0 Å². The molecule has 0 atom stereocenters. The molecule has 2 N–H and O–H groups in total. The number of piperidine rings is 1. The van der Waals surface area contributed by atoms with E-state index < -0.39 is 0 Å². The van der Waals surface area contributed by atoms with Crippen LogP contribution in [0, 0.1) is 0 Å². The van der Waals surface area contributed by atoms with Crippen LogP contribution in [0.5, 0.6) is 0 Å². The fraction of sp³-hybridized carbons (Fsp3) is 0.520. The van der Waals surface area contributed by atoms with Gasteiger partial charge in [-0.05, 0) is 42.5 Å². The Bertz CT molecular complexity index is 1130. The molecule has 33 heavy (non-hydrogen) atoms. The van der Waals surface area contributed by atoms with Crippen molar-refractivity contribution >= 4 is 22.7 Å². The van der Waals surface area contributed by atoms with Crippen LogP contribution in [-0.2, 0) is 9.47 Å². The number of nitrogen functional groups attached to an aromatic ring is 1. The van der Waals surface area contributed by atoms with Gasteiger partial charge in [0.15, 0.2) is 11.4 Å². The Labute approximate surface area is 193 Å². The summed E-state index contributed by atoms with van der Waals surface area (Å²) in [6, 6.07) is 6.39. The summed E-state index contributed by atoms with van der Waals surface area (Å²) in [4.78, 5) is 20.6. The molecule has 0 amide bonds. The molecule has 1 spiro atoms. The van der Waals surface area contributed by atoms with Gasteiger partial charge in [0.25, 0.3) is 0 Å². The Morgan fingerprint density at radius 1 is 0.970 bits per heavy atom. The highest BCUT2D eigenvalue weighted by Crippen LogP contribution is 2.39. The number of aromatic nitrogens is 4. The number of pyridine rings is 2. The van der Waals surface area contributed by atoms with Gasteiger partial charge in [-0.2, -0.15) is 0 Å². The van der Waals surface area contributed by atoms with E-state index in [0.717, 1.165) is 48.4 Å². The first kappa shape index (κ1) is 20.7. The van der Waals surface area contributed by atoms with E-state index in [1.165, 1.54) is 44.0 Å².